The number of methoxy groups -OCH3 is 1. The highest BCUT2D eigenvalue weighted by Gasteiger charge is 2.22. The molecule has 0 saturated heterocycles. The number of aromatic nitrogens is 1. The highest BCUT2D eigenvalue weighted by atomic mass is 16.5. The van der Waals surface area contributed by atoms with Crippen molar-refractivity contribution in [1.29, 1.82) is 0 Å². The van der Waals surface area contributed by atoms with Gasteiger partial charge in [-0.1, -0.05) is 30.3 Å². The Morgan fingerprint density at radius 3 is 2.53 bits per heavy atom. The fourth-order valence-electron chi connectivity index (χ4n) is 3.89. The Morgan fingerprint density at radius 2 is 1.77 bits per heavy atom. The molecule has 0 aliphatic carbocycles. The molecule has 2 heterocycles. The van der Waals surface area contributed by atoms with E-state index in [4.69, 9.17) is 9.15 Å². The average Bonchev–Trinajstić information content (AvgIpc) is 3.26. The number of aromatic hydroxyl groups is 3. The zero-order chi connectivity index (χ0) is 20.8. The van der Waals surface area contributed by atoms with Crippen LogP contribution in [0.3, 0.4) is 0 Å². The normalized spacial score (nSPS) is 11.4. The average molecular weight is 401 g/mol. The molecule has 0 unspecified atom stereocenters. The number of fused-ring (bicyclic) bond motifs is 2. The predicted octanol–water partition coefficient (Wildman–Crippen LogP) is 5.30. The van der Waals surface area contributed by atoms with Crippen LogP contribution in [0.1, 0.15) is 11.3 Å². The van der Waals surface area contributed by atoms with Crippen LogP contribution in [-0.4, -0.2) is 27.4 Å². The van der Waals surface area contributed by atoms with Gasteiger partial charge < -0.3 is 29.5 Å². The van der Waals surface area contributed by atoms with Gasteiger partial charge in [-0.15, -0.1) is 0 Å². The SMILES string of the molecule is COc1ccc2[nH]c(-c3ccccc3)c(Cc3oc4cc(O)cc(O)c4c3O)c2c1. The molecule has 30 heavy (non-hydrogen) atoms. The van der Waals surface area contributed by atoms with Gasteiger partial charge in [-0.05, 0) is 29.3 Å². The van der Waals surface area contributed by atoms with Gasteiger partial charge in [0.2, 0.25) is 0 Å². The maximum Gasteiger partial charge on any atom is 0.169 e. The van der Waals surface area contributed by atoms with Crippen LogP contribution in [0.25, 0.3) is 33.1 Å². The number of nitrogens with one attached hydrogen (secondary N) is 1. The molecule has 6 heteroatoms. The number of phenols is 2. The second kappa shape index (κ2) is 6.77. The van der Waals surface area contributed by atoms with E-state index in [1.807, 2.05) is 48.5 Å². The van der Waals surface area contributed by atoms with Crippen molar-refractivity contribution in [3.05, 3.63) is 72.0 Å². The largest absolute Gasteiger partial charge is 0.508 e. The number of furan rings is 1. The number of hydrogen-bond donors (Lipinski definition) is 4. The van der Waals surface area contributed by atoms with Crippen molar-refractivity contribution >= 4 is 21.9 Å². The van der Waals surface area contributed by atoms with Gasteiger partial charge in [0.25, 0.3) is 0 Å². The molecule has 0 saturated carbocycles. The molecule has 0 fully saturated rings. The topological polar surface area (TPSA) is 98.9 Å². The Balaban J connectivity index is 1.73. The summed E-state index contributed by atoms with van der Waals surface area (Å²) in [4.78, 5) is 3.46. The first kappa shape index (κ1) is 18.0. The number of benzene rings is 3. The summed E-state index contributed by atoms with van der Waals surface area (Å²) < 4.78 is 11.2. The van der Waals surface area contributed by atoms with Gasteiger partial charge in [-0.3, -0.25) is 0 Å². The number of H-pyrrole nitrogens is 1. The highest BCUT2D eigenvalue weighted by Crippen LogP contribution is 2.43. The van der Waals surface area contributed by atoms with Crippen molar-refractivity contribution in [1.82, 2.24) is 4.98 Å². The van der Waals surface area contributed by atoms with E-state index >= 15 is 0 Å². The fourth-order valence-corrected chi connectivity index (χ4v) is 3.89. The zero-order valence-corrected chi connectivity index (χ0v) is 16.1. The standard InChI is InChI=1S/C24H19NO5/c1-29-15-7-8-18-16(11-15)17(23(25-18)13-5-3-2-4-6-13)12-21-24(28)22-19(27)9-14(26)10-20(22)30-21/h2-11,25-28H,12H2,1H3. The number of rotatable bonds is 4. The molecule has 5 aromatic rings. The van der Waals surface area contributed by atoms with E-state index in [1.165, 1.54) is 12.1 Å². The van der Waals surface area contributed by atoms with E-state index in [9.17, 15) is 15.3 Å². The summed E-state index contributed by atoms with van der Waals surface area (Å²) in [5.74, 6) is 0.507. The molecule has 4 N–H and O–H groups in total. The molecular formula is C24H19NO5. The van der Waals surface area contributed by atoms with E-state index < -0.39 is 0 Å². The Morgan fingerprint density at radius 1 is 0.967 bits per heavy atom. The lowest BCUT2D eigenvalue weighted by Gasteiger charge is -2.05. The van der Waals surface area contributed by atoms with Crippen molar-refractivity contribution in [3.8, 4) is 34.3 Å². The Kier molecular flexibility index (Phi) is 4.06. The first-order valence-corrected chi connectivity index (χ1v) is 9.45. The van der Waals surface area contributed by atoms with Gasteiger partial charge in [0.15, 0.2) is 11.5 Å². The van der Waals surface area contributed by atoms with Gasteiger partial charge in [0, 0.05) is 29.5 Å². The van der Waals surface area contributed by atoms with Gasteiger partial charge >= 0.3 is 0 Å². The minimum Gasteiger partial charge on any atom is -0.508 e. The van der Waals surface area contributed by atoms with Crippen LogP contribution < -0.4 is 4.74 Å². The van der Waals surface area contributed by atoms with Gasteiger partial charge in [0.05, 0.1) is 12.8 Å². The zero-order valence-electron chi connectivity index (χ0n) is 16.1. The molecule has 0 radical (unpaired) electrons. The first-order valence-electron chi connectivity index (χ1n) is 9.45. The second-order valence-corrected chi connectivity index (χ2v) is 7.14. The minimum atomic E-state index is -0.235. The van der Waals surface area contributed by atoms with Crippen molar-refractivity contribution in [2.75, 3.05) is 7.11 Å². The maximum absolute atomic E-state index is 10.7. The molecule has 6 nitrogen and oxygen atoms in total. The summed E-state index contributed by atoms with van der Waals surface area (Å²) in [5, 5.41) is 31.7. The smallest absolute Gasteiger partial charge is 0.169 e. The maximum atomic E-state index is 10.7. The monoisotopic (exact) mass is 401 g/mol. The molecular weight excluding hydrogens is 382 g/mol. The summed E-state index contributed by atoms with van der Waals surface area (Å²) in [5.41, 5.74) is 3.98. The number of ether oxygens (including phenoxy) is 1. The van der Waals surface area contributed by atoms with Gasteiger partial charge in [-0.2, -0.15) is 0 Å². The minimum absolute atomic E-state index is 0.137. The van der Waals surface area contributed by atoms with Gasteiger partial charge in [-0.25, -0.2) is 0 Å². The van der Waals surface area contributed by atoms with Crippen LogP contribution in [0.4, 0.5) is 0 Å². The molecule has 0 aliphatic rings. The summed E-state index contributed by atoms with van der Waals surface area (Å²) in [7, 11) is 1.62. The Bertz CT molecular complexity index is 1380. The van der Waals surface area contributed by atoms with E-state index in [-0.39, 0.29) is 34.6 Å². The number of aromatic amines is 1. The van der Waals surface area contributed by atoms with Crippen molar-refractivity contribution < 1.29 is 24.5 Å². The predicted molar refractivity (Wildman–Crippen MR) is 114 cm³/mol. The molecule has 2 aromatic heterocycles. The fraction of sp³-hybridized carbons (Fsp3) is 0.0833. The third-order valence-electron chi connectivity index (χ3n) is 5.31. The highest BCUT2D eigenvalue weighted by molar-refractivity contribution is 5.94. The quantitative estimate of drug-likeness (QED) is 0.328. The first-order chi connectivity index (χ1) is 14.5. The summed E-state index contributed by atoms with van der Waals surface area (Å²) in [6.07, 6.45) is 0.276. The number of phenolic OH excluding ortho intramolecular Hbond substituents is 2. The second-order valence-electron chi connectivity index (χ2n) is 7.14. The molecule has 0 bridgehead atoms. The van der Waals surface area contributed by atoms with Crippen LogP contribution in [0, 0.1) is 0 Å². The third kappa shape index (κ3) is 2.81. The molecule has 150 valence electrons. The molecule has 0 spiro atoms. The van der Waals surface area contributed by atoms with Crippen molar-refractivity contribution in [2.24, 2.45) is 0 Å². The molecule has 3 aromatic carbocycles. The summed E-state index contributed by atoms with van der Waals surface area (Å²) >= 11 is 0. The summed E-state index contributed by atoms with van der Waals surface area (Å²) in [6, 6.07) is 18.2. The Hall–Kier alpha value is -4.06. The van der Waals surface area contributed by atoms with E-state index in [2.05, 4.69) is 4.98 Å². The molecule has 5 rings (SSSR count). The third-order valence-corrected chi connectivity index (χ3v) is 5.31. The van der Waals surface area contributed by atoms with Crippen molar-refractivity contribution in [2.45, 2.75) is 6.42 Å². The van der Waals surface area contributed by atoms with Crippen LogP contribution >= 0.6 is 0 Å². The van der Waals surface area contributed by atoms with Crippen LogP contribution in [-0.2, 0) is 6.42 Å². The van der Waals surface area contributed by atoms with E-state index in [0.29, 0.717) is 5.76 Å². The Labute approximate surface area is 171 Å². The van der Waals surface area contributed by atoms with Crippen LogP contribution in [0.2, 0.25) is 0 Å². The summed E-state index contributed by atoms with van der Waals surface area (Å²) in [6.45, 7) is 0. The molecule has 0 atom stereocenters. The van der Waals surface area contributed by atoms with E-state index in [0.717, 1.165) is 33.5 Å². The van der Waals surface area contributed by atoms with Crippen molar-refractivity contribution in [3.63, 3.8) is 0 Å². The molecule has 0 amide bonds. The van der Waals surface area contributed by atoms with E-state index in [1.54, 1.807) is 7.11 Å². The lowest BCUT2D eigenvalue weighted by Crippen LogP contribution is -1.90. The molecule has 0 aliphatic heterocycles. The number of hydrogen-bond acceptors (Lipinski definition) is 5. The lowest BCUT2D eigenvalue weighted by molar-refractivity contribution is 0.415. The lowest BCUT2D eigenvalue weighted by atomic mass is 10.0. The van der Waals surface area contributed by atoms with Crippen LogP contribution in [0.5, 0.6) is 23.0 Å². The van der Waals surface area contributed by atoms with Crippen LogP contribution in [0.15, 0.2) is 65.1 Å². The van der Waals surface area contributed by atoms with Gasteiger partial charge in [0.1, 0.15) is 28.2 Å².